The molecule has 0 radical (unpaired) electrons. The second-order valence-corrected chi connectivity index (χ2v) is 7.14. The van der Waals surface area contributed by atoms with Crippen molar-refractivity contribution >= 4 is 33.2 Å². The number of sulfonamides is 1. The zero-order valence-corrected chi connectivity index (χ0v) is 14.5. The van der Waals surface area contributed by atoms with Crippen molar-refractivity contribution in [2.75, 3.05) is 22.3 Å². The Kier molecular flexibility index (Phi) is 6.13. The van der Waals surface area contributed by atoms with Gasteiger partial charge in [-0.25, -0.2) is 8.42 Å². The highest BCUT2D eigenvalue weighted by molar-refractivity contribution is 7.92. The summed E-state index contributed by atoms with van der Waals surface area (Å²) in [4.78, 5) is 23.0. The van der Waals surface area contributed by atoms with Crippen molar-refractivity contribution in [3.8, 4) is 0 Å². The molecule has 0 aliphatic carbocycles. The first-order valence-corrected chi connectivity index (χ1v) is 9.22. The van der Waals surface area contributed by atoms with Crippen LogP contribution in [-0.2, 0) is 14.8 Å². The number of anilines is 2. The Hall–Kier alpha value is -2.87. The number of hydrogen-bond donors (Lipinski definition) is 3. The molecule has 132 valence electrons. The van der Waals surface area contributed by atoms with Gasteiger partial charge in [-0.1, -0.05) is 18.2 Å². The van der Waals surface area contributed by atoms with Gasteiger partial charge in [-0.15, -0.1) is 0 Å². The third-order valence-corrected chi connectivity index (χ3v) is 4.46. The van der Waals surface area contributed by atoms with Gasteiger partial charge in [0.1, 0.15) is 0 Å². The summed E-state index contributed by atoms with van der Waals surface area (Å²) in [7, 11) is -3.54. The fraction of sp³-hybridized carbons (Fsp3) is 0.176. The Morgan fingerprint density at radius 2 is 1.56 bits per heavy atom. The molecule has 0 fully saturated rings. The summed E-state index contributed by atoms with van der Waals surface area (Å²) in [5.41, 5.74) is 1.43. The van der Waals surface area contributed by atoms with Gasteiger partial charge >= 0.3 is 0 Å². The van der Waals surface area contributed by atoms with Crippen LogP contribution >= 0.6 is 0 Å². The maximum Gasteiger partial charge on any atom is 0.251 e. The highest BCUT2D eigenvalue weighted by Gasteiger charge is 2.12. The Labute approximate surface area is 146 Å². The van der Waals surface area contributed by atoms with Gasteiger partial charge in [-0.05, 0) is 36.4 Å². The summed E-state index contributed by atoms with van der Waals surface area (Å²) < 4.78 is 26.4. The molecule has 0 heterocycles. The lowest BCUT2D eigenvalue weighted by molar-refractivity contribution is -0.114. The Balaban J connectivity index is 1.84. The van der Waals surface area contributed by atoms with E-state index >= 15 is 0 Å². The van der Waals surface area contributed by atoms with E-state index < -0.39 is 10.0 Å². The minimum absolute atomic E-state index is 0.0194. The monoisotopic (exact) mass is 361 g/mol. The van der Waals surface area contributed by atoms with Gasteiger partial charge in [0.05, 0.1) is 5.75 Å². The van der Waals surface area contributed by atoms with E-state index in [9.17, 15) is 18.0 Å². The first-order valence-electron chi connectivity index (χ1n) is 7.57. The van der Waals surface area contributed by atoms with Crippen molar-refractivity contribution < 1.29 is 18.0 Å². The van der Waals surface area contributed by atoms with Crippen LogP contribution in [0.3, 0.4) is 0 Å². The van der Waals surface area contributed by atoms with Crippen molar-refractivity contribution in [3.05, 3.63) is 60.2 Å². The van der Waals surface area contributed by atoms with Crippen LogP contribution in [0.5, 0.6) is 0 Å². The van der Waals surface area contributed by atoms with Crippen LogP contribution < -0.4 is 15.4 Å². The molecule has 2 aromatic rings. The second kappa shape index (κ2) is 8.29. The van der Waals surface area contributed by atoms with Crippen molar-refractivity contribution in [1.29, 1.82) is 0 Å². The first-order chi connectivity index (χ1) is 11.9. The minimum Gasteiger partial charge on any atom is -0.351 e. The SMILES string of the molecule is CC(=O)Nc1ccc(C(=O)NCCS(=O)(=O)Nc2ccccc2)cc1. The van der Waals surface area contributed by atoms with Crippen LogP contribution in [0.15, 0.2) is 54.6 Å². The summed E-state index contributed by atoms with van der Waals surface area (Å²) >= 11 is 0. The average Bonchev–Trinajstić information content (AvgIpc) is 2.55. The molecule has 2 amide bonds. The number of para-hydroxylation sites is 1. The molecule has 2 rings (SSSR count). The van der Waals surface area contributed by atoms with E-state index in [0.717, 1.165) is 0 Å². The van der Waals surface area contributed by atoms with Gasteiger partial charge in [-0.3, -0.25) is 14.3 Å². The Bertz CT molecular complexity index is 834. The summed E-state index contributed by atoms with van der Waals surface area (Å²) in [5, 5.41) is 5.15. The molecule has 8 heteroatoms. The fourth-order valence-electron chi connectivity index (χ4n) is 2.05. The van der Waals surface area contributed by atoms with Crippen molar-refractivity contribution in [1.82, 2.24) is 5.32 Å². The van der Waals surface area contributed by atoms with E-state index in [0.29, 0.717) is 16.9 Å². The first kappa shape index (κ1) is 18.5. The van der Waals surface area contributed by atoms with Gasteiger partial charge in [-0.2, -0.15) is 0 Å². The van der Waals surface area contributed by atoms with Crippen LogP contribution in [-0.4, -0.2) is 32.5 Å². The topological polar surface area (TPSA) is 104 Å². The molecule has 0 saturated heterocycles. The molecular weight excluding hydrogens is 342 g/mol. The van der Waals surface area contributed by atoms with E-state index in [1.807, 2.05) is 0 Å². The lowest BCUT2D eigenvalue weighted by atomic mass is 10.2. The molecule has 0 atom stereocenters. The zero-order chi connectivity index (χ0) is 18.3. The fourth-order valence-corrected chi connectivity index (χ4v) is 3.01. The smallest absolute Gasteiger partial charge is 0.251 e. The molecule has 2 aromatic carbocycles. The molecule has 7 nitrogen and oxygen atoms in total. The maximum atomic E-state index is 12.0. The Morgan fingerprint density at radius 3 is 2.16 bits per heavy atom. The molecule has 0 bridgehead atoms. The lowest BCUT2D eigenvalue weighted by Gasteiger charge is -2.09. The standard InChI is InChI=1S/C17H19N3O4S/c1-13(21)19-15-9-7-14(8-10-15)17(22)18-11-12-25(23,24)20-16-5-3-2-4-6-16/h2-10,20H,11-12H2,1H3,(H,18,22)(H,19,21). The molecule has 0 unspecified atom stereocenters. The molecule has 0 aliphatic rings. The largest absolute Gasteiger partial charge is 0.351 e. The number of rotatable bonds is 7. The number of hydrogen-bond acceptors (Lipinski definition) is 4. The highest BCUT2D eigenvalue weighted by Crippen LogP contribution is 2.10. The predicted molar refractivity (Wildman–Crippen MR) is 96.9 cm³/mol. The van der Waals surface area contributed by atoms with E-state index in [1.54, 1.807) is 54.6 Å². The van der Waals surface area contributed by atoms with Gasteiger partial charge in [0, 0.05) is 30.4 Å². The van der Waals surface area contributed by atoms with Gasteiger partial charge in [0.2, 0.25) is 15.9 Å². The highest BCUT2D eigenvalue weighted by atomic mass is 32.2. The zero-order valence-electron chi connectivity index (χ0n) is 13.7. The minimum atomic E-state index is -3.54. The molecular formula is C17H19N3O4S. The normalized spacial score (nSPS) is 10.8. The summed E-state index contributed by atoms with van der Waals surface area (Å²) in [6.45, 7) is 1.37. The molecule has 0 aliphatic heterocycles. The third-order valence-electron chi connectivity index (χ3n) is 3.17. The van der Waals surface area contributed by atoms with E-state index in [1.165, 1.54) is 6.92 Å². The van der Waals surface area contributed by atoms with Crippen LogP contribution in [0.1, 0.15) is 17.3 Å². The van der Waals surface area contributed by atoms with Crippen molar-refractivity contribution in [2.24, 2.45) is 0 Å². The Morgan fingerprint density at radius 1 is 0.920 bits per heavy atom. The average molecular weight is 361 g/mol. The van der Waals surface area contributed by atoms with Crippen LogP contribution in [0.25, 0.3) is 0 Å². The predicted octanol–water partition coefficient (Wildman–Crippen LogP) is 1.82. The summed E-state index contributed by atoms with van der Waals surface area (Å²) in [6, 6.07) is 14.8. The summed E-state index contributed by atoms with van der Waals surface area (Å²) in [5.74, 6) is -0.824. The maximum absolute atomic E-state index is 12.0. The molecule has 0 spiro atoms. The number of benzene rings is 2. The van der Waals surface area contributed by atoms with Gasteiger partial charge in [0.25, 0.3) is 5.91 Å². The quantitative estimate of drug-likeness (QED) is 0.699. The molecule has 25 heavy (non-hydrogen) atoms. The van der Waals surface area contributed by atoms with E-state index in [-0.39, 0.29) is 24.1 Å². The number of nitrogens with one attached hydrogen (secondary N) is 3. The second-order valence-electron chi connectivity index (χ2n) is 5.30. The van der Waals surface area contributed by atoms with Crippen LogP contribution in [0.4, 0.5) is 11.4 Å². The molecule has 3 N–H and O–H groups in total. The molecule has 0 saturated carbocycles. The lowest BCUT2D eigenvalue weighted by Crippen LogP contribution is -2.31. The number of carbonyl (C=O) groups excluding carboxylic acids is 2. The number of amides is 2. The van der Waals surface area contributed by atoms with Crippen LogP contribution in [0.2, 0.25) is 0 Å². The number of carbonyl (C=O) groups is 2. The van der Waals surface area contributed by atoms with Crippen molar-refractivity contribution in [3.63, 3.8) is 0 Å². The van der Waals surface area contributed by atoms with Gasteiger partial charge in [0.15, 0.2) is 0 Å². The van der Waals surface area contributed by atoms with Gasteiger partial charge < -0.3 is 10.6 Å². The van der Waals surface area contributed by atoms with E-state index in [2.05, 4.69) is 15.4 Å². The summed E-state index contributed by atoms with van der Waals surface area (Å²) in [6.07, 6.45) is 0. The molecule has 0 aromatic heterocycles. The third kappa shape index (κ3) is 6.27. The van der Waals surface area contributed by atoms with Crippen LogP contribution in [0, 0.1) is 0 Å². The van der Waals surface area contributed by atoms with Crippen molar-refractivity contribution in [2.45, 2.75) is 6.92 Å². The van der Waals surface area contributed by atoms with E-state index in [4.69, 9.17) is 0 Å².